The third kappa shape index (κ3) is 15.2. The smallest absolute Gasteiger partial charge is 0.407 e. The fourth-order valence-electron chi connectivity index (χ4n) is 4.57. The Balaban J connectivity index is 1.47. The van der Waals surface area contributed by atoms with Gasteiger partial charge in [0.1, 0.15) is 19.3 Å². The van der Waals surface area contributed by atoms with Gasteiger partial charge in [-0.05, 0) is 36.0 Å². The van der Waals surface area contributed by atoms with Crippen molar-refractivity contribution in [3.8, 4) is 0 Å². The summed E-state index contributed by atoms with van der Waals surface area (Å²) >= 11 is 0. The minimum absolute atomic E-state index is 0.00164. The van der Waals surface area contributed by atoms with Crippen molar-refractivity contribution in [2.75, 3.05) is 26.2 Å². The van der Waals surface area contributed by atoms with Gasteiger partial charge < -0.3 is 46.5 Å². The zero-order chi connectivity index (χ0) is 35.3. The Morgan fingerprint density at radius 1 is 0.653 bits per heavy atom. The molecule has 0 saturated heterocycles. The van der Waals surface area contributed by atoms with Gasteiger partial charge in [-0.1, -0.05) is 91.0 Å². The molecule has 0 aliphatic heterocycles. The molecular formula is C35H44N6O8. The summed E-state index contributed by atoms with van der Waals surface area (Å²) < 4.78 is 10.4. The molecule has 14 heteroatoms. The molecule has 3 rings (SSSR count). The summed E-state index contributed by atoms with van der Waals surface area (Å²) in [5.74, 6) is -1.17. The van der Waals surface area contributed by atoms with E-state index in [1.54, 1.807) is 0 Å². The van der Waals surface area contributed by atoms with E-state index in [1.807, 2.05) is 91.0 Å². The lowest BCUT2D eigenvalue weighted by molar-refractivity contribution is -0.129. The fourth-order valence-corrected chi connectivity index (χ4v) is 4.57. The van der Waals surface area contributed by atoms with E-state index in [1.165, 1.54) is 4.90 Å². The van der Waals surface area contributed by atoms with Crippen LogP contribution in [0.2, 0.25) is 0 Å². The third-order valence-electron chi connectivity index (χ3n) is 7.22. The molecule has 0 spiro atoms. The van der Waals surface area contributed by atoms with Crippen LogP contribution in [0, 0.1) is 0 Å². The molecule has 7 N–H and O–H groups in total. The first-order valence-electron chi connectivity index (χ1n) is 16.0. The van der Waals surface area contributed by atoms with Gasteiger partial charge in [-0.2, -0.15) is 0 Å². The van der Waals surface area contributed by atoms with E-state index < -0.39 is 42.2 Å². The van der Waals surface area contributed by atoms with Crippen molar-refractivity contribution in [1.29, 1.82) is 0 Å². The lowest BCUT2D eigenvalue weighted by Crippen LogP contribution is -2.53. The molecule has 0 fully saturated rings. The van der Waals surface area contributed by atoms with Gasteiger partial charge in [0.2, 0.25) is 11.8 Å². The highest BCUT2D eigenvalue weighted by Crippen LogP contribution is 2.08. The highest BCUT2D eigenvalue weighted by molar-refractivity contribution is 5.89. The van der Waals surface area contributed by atoms with Crippen LogP contribution in [-0.4, -0.2) is 78.4 Å². The van der Waals surface area contributed by atoms with Crippen LogP contribution in [0.3, 0.4) is 0 Å². The van der Waals surface area contributed by atoms with Crippen LogP contribution >= 0.6 is 0 Å². The van der Waals surface area contributed by atoms with Crippen molar-refractivity contribution >= 4 is 30.1 Å². The maximum atomic E-state index is 13.1. The van der Waals surface area contributed by atoms with E-state index in [0.29, 0.717) is 6.42 Å². The molecule has 0 aliphatic carbocycles. The highest BCUT2D eigenvalue weighted by atomic mass is 16.6. The number of alkyl carbamates (subject to hydrolysis) is 2. The number of rotatable bonds is 19. The molecule has 3 aromatic carbocycles. The number of hydrogen-bond donors (Lipinski definition) is 6. The number of ether oxygens (including phenoxy) is 2. The van der Waals surface area contributed by atoms with E-state index >= 15 is 0 Å². The third-order valence-corrected chi connectivity index (χ3v) is 7.22. The molecule has 262 valence electrons. The van der Waals surface area contributed by atoms with Crippen molar-refractivity contribution < 1.29 is 38.6 Å². The molecule has 2 atom stereocenters. The minimum Gasteiger partial charge on any atom is -0.465 e. The van der Waals surface area contributed by atoms with Gasteiger partial charge in [0.05, 0.1) is 6.04 Å². The predicted octanol–water partition coefficient (Wildman–Crippen LogP) is 3.12. The van der Waals surface area contributed by atoms with Crippen LogP contribution in [0.15, 0.2) is 91.0 Å². The molecule has 0 aliphatic rings. The van der Waals surface area contributed by atoms with Crippen molar-refractivity contribution in [2.45, 2.75) is 51.1 Å². The molecule has 14 nitrogen and oxygen atoms in total. The molecular weight excluding hydrogens is 632 g/mol. The lowest BCUT2D eigenvalue weighted by atomic mass is 10.1. The van der Waals surface area contributed by atoms with E-state index in [9.17, 15) is 29.1 Å². The average molecular weight is 677 g/mol. The number of hydrogen-bond acceptors (Lipinski definition) is 8. The molecule has 0 bridgehead atoms. The first-order valence-corrected chi connectivity index (χ1v) is 16.0. The molecule has 49 heavy (non-hydrogen) atoms. The van der Waals surface area contributed by atoms with Crippen LogP contribution in [0.25, 0.3) is 0 Å². The van der Waals surface area contributed by atoms with E-state index in [-0.39, 0.29) is 58.8 Å². The van der Waals surface area contributed by atoms with Gasteiger partial charge in [-0.15, -0.1) is 0 Å². The topological polar surface area (TPSA) is 201 Å². The normalized spacial score (nSPS) is 11.7. The quantitative estimate of drug-likeness (QED) is 0.103. The number of carboxylic acid groups (broad SMARTS) is 1. The molecule has 0 unspecified atom stereocenters. The Labute approximate surface area is 285 Å². The second kappa shape index (κ2) is 21.3. The Bertz CT molecular complexity index is 1460. The Kier molecular flexibility index (Phi) is 16.4. The second-order valence-electron chi connectivity index (χ2n) is 11.1. The van der Waals surface area contributed by atoms with E-state index in [2.05, 4.69) is 21.3 Å². The van der Waals surface area contributed by atoms with E-state index in [4.69, 9.17) is 15.2 Å². The number of benzene rings is 3. The molecule has 0 aromatic heterocycles. The van der Waals surface area contributed by atoms with Crippen LogP contribution < -0.4 is 27.0 Å². The molecule has 0 heterocycles. The predicted molar refractivity (Wildman–Crippen MR) is 181 cm³/mol. The second-order valence-corrected chi connectivity index (χ2v) is 11.1. The summed E-state index contributed by atoms with van der Waals surface area (Å²) in [4.78, 5) is 63.3. The first-order chi connectivity index (χ1) is 23.7. The summed E-state index contributed by atoms with van der Waals surface area (Å²) in [6.45, 7) is 0.607. The van der Waals surface area contributed by atoms with Crippen LogP contribution in [0.5, 0.6) is 0 Å². The van der Waals surface area contributed by atoms with Gasteiger partial charge in [0.15, 0.2) is 0 Å². The fraction of sp³-hybridized carbons (Fsp3) is 0.343. The van der Waals surface area contributed by atoms with Crippen LogP contribution in [-0.2, 0) is 38.8 Å². The van der Waals surface area contributed by atoms with Gasteiger partial charge in [-0.25, -0.2) is 14.4 Å². The number of carbonyl (C=O) groups is 5. The summed E-state index contributed by atoms with van der Waals surface area (Å²) in [5, 5.41) is 20.0. The molecule has 0 radical (unpaired) electrons. The standard InChI is InChI=1S/C35H44N6O8/c36-29(17-10-22-41(35(46)47)23-26-11-4-1-5-12-26)31(42)40-30(18-19-38-33(44)48-24-27-13-6-2-7-14-27)32(43)37-20-21-39-34(45)49-25-28-15-8-3-9-16-28/h1-9,11-16,29-30H,10,17-25,36H2,(H,37,43)(H,38,44)(H,39,45)(H,40,42)(H,46,47)/t29-,30-/m0/s1. The molecule has 5 amide bonds. The Morgan fingerprint density at radius 2 is 1.14 bits per heavy atom. The lowest BCUT2D eigenvalue weighted by Gasteiger charge is -2.22. The van der Waals surface area contributed by atoms with Gasteiger partial charge in [0.25, 0.3) is 0 Å². The zero-order valence-electron chi connectivity index (χ0n) is 27.2. The monoisotopic (exact) mass is 676 g/mol. The largest absolute Gasteiger partial charge is 0.465 e. The Morgan fingerprint density at radius 3 is 1.67 bits per heavy atom. The van der Waals surface area contributed by atoms with E-state index in [0.717, 1.165) is 16.7 Å². The Hall–Kier alpha value is -5.63. The summed E-state index contributed by atoms with van der Waals surface area (Å²) in [7, 11) is 0. The summed E-state index contributed by atoms with van der Waals surface area (Å²) in [5.41, 5.74) is 8.58. The number of nitrogens with one attached hydrogen (secondary N) is 4. The van der Waals surface area contributed by atoms with Gasteiger partial charge >= 0.3 is 18.3 Å². The number of nitrogens with two attached hydrogens (primary N) is 1. The van der Waals surface area contributed by atoms with Crippen molar-refractivity contribution in [3.63, 3.8) is 0 Å². The SMILES string of the molecule is N[C@@H](CCCN(Cc1ccccc1)C(=O)O)C(=O)N[C@@H](CCNC(=O)OCc1ccccc1)C(=O)NCCNC(=O)OCc1ccccc1. The zero-order valence-corrected chi connectivity index (χ0v) is 27.2. The molecule has 3 aromatic rings. The average Bonchev–Trinajstić information content (AvgIpc) is 3.11. The number of amides is 5. The maximum Gasteiger partial charge on any atom is 0.407 e. The van der Waals surface area contributed by atoms with Gasteiger partial charge in [0, 0.05) is 32.7 Å². The number of nitrogens with zero attached hydrogens (tertiary/aromatic N) is 1. The summed E-state index contributed by atoms with van der Waals surface area (Å²) in [6, 6.07) is 25.3. The summed E-state index contributed by atoms with van der Waals surface area (Å²) in [6.07, 6.45) is -1.95. The van der Waals surface area contributed by atoms with Crippen molar-refractivity contribution in [3.05, 3.63) is 108 Å². The van der Waals surface area contributed by atoms with Crippen LogP contribution in [0.1, 0.15) is 36.0 Å². The maximum absolute atomic E-state index is 13.1. The number of carbonyl (C=O) groups excluding carboxylic acids is 4. The van der Waals surface area contributed by atoms with Gasteiger partial charge in [-0.3, -0.25) is 9.59 Å². The van der Waals surface area contributed by atoms with Crippen molar-refractivity contribution in [1.82, 2.24) is 26.2 Å². The molecule has 0 saturated carbocycles. The van der Waals surface area contributed by atoms with Crippen LogP contribution in [0.4, 0.5) is 14.4 Å². The minimum atomic E-state index is -1.09. The van der Waals surface area contributed by atoms with Crippen molar-refractivity contribution in [2.24, 2.45) is 5.73 Å². The highest BCUT2D eigenvalue weighted by Gasteiger charge is 2.24. The first kappa shape index (κ1) is 37.8.